The van der Waals surface area contributed by atoms with Gasteiger partial charge in [-0.1, -0.05) is 28.9 Å². The molecule has 0 aliphatic carbocycles. The Balaban J connectivity index is 2.10. The van der Waals surface area contributed by atoms with Gasteiger partial charge in [0.2, 0.25) is 0 Å². The highest BCUT2D eigenvalue weighted by atomic mass is 79.9. The van der Waals surface area contributed by atoms with E-state index in [2.05, 4.69) is 22.9 Å². The molecule has 0 radical (unpaired) electrons. The maximum Gasteiger partial charge on any atom is 0.254 e. The average molecular weight is 326 g/mol. The van der Waals surface area contributed by atoms with Crippen LogP contribution in [0.4, 0.5) is 0 Å². The van der Waals surface area contributed by atoms with Crippen molar-refractivity contribution in [2.24, 2.45) is 0 Å². The number of hydrogen-bond donors (Lipinski definition) is 0. The molecule has 0 aromatic heterocycles. The van der Waals surface area contributed by atoms with E-state index in [9.17, 15) is 4.79 Å². The van der Waals surface area contributed by atoms with Crippen LogP contribution in [0.2, 0.25) is 0 Å². The molecule has 19 heavy (non-hydrogen) atoms. The number of ether oxygens (including phenoxy) is 1. The molecule has 1 amide bonds. The number of hydrogen-bond acceptors (Lipinski definition) is 2. The second kappa shape index (κ2) is 6.94. The number of carbonyl (C=O) groups excluding carboxylic acids is 1. The molecular formula is C15H20BrNO2. The summed E-state index contributed by atoms with van der Waals surface area (Å²) >= 11 is 3.49. The first-order chi connectivity index (χ1) is 9.26. The Hall–Kier alpha value is -1.03. The van der Waals surface area contributed by atoms with Gasteiger partial charge < -0.3 is 9.64 Å². The maximum atomic E-state index is 12.5. The summed E-state index contributed by atoms with van der Waals surface area (Å²) in [6.07, 6.45) is 3.15. The van der Waals surface area contributed by atoms with Crippen LogP contribution < -0.4 is 4.74 Å². The van der Waals surface area contributed by atoms with Crippen LogP contribution in [0, 0.1) is 0 Å². The van der Waals surface area contributed by atoms with Crippen molar-refractivity contribution in [3.63, 3.8) is 0 Å². The topological polar surface area (TPSA) is 29.5 Å². The normalized spacial score (nSPS) is 18.6. The zero-order valence-corrected chi connectivity index (χ0v) is 12.9. The van der Waals surface area contributed by atoms with Gasteiger partial charge in [-0.25, -0.2) is 0 Å². The van der Waals surface area contributed by atoms with Crippen molar-refractivity contribution in [3.05, 3.63) is 29.8 Å². The van der Waals surface area contributed by atoms with Gasteiger partial charge >= 0.3 is 0 Å². The van der Waals surface area contributed by atoms with Gasteiger partial charge in [0.05, 0.1) is 6.61 Å². The Kier molecular flexibility index (Phi) is 5.25. The highest BCUT2D eigenvalue weighted by Gasteiger charge is 2.28. The molecular weight excluding hydrogens is 306 g/mol. The summed E-state index contributed by atoms with van der Waals surface area (Å²) in [5, 5.41) is 0.852. The fourth-order valence-electron chi connectivity index (χ4n) is 2.37. The van der Waals surface area contributed by atoms with Gasteiger partial charge in [-0.2, -0.15) is 0 Å². The lowest BCUT2D eigenvalue weighted by Gasteiger charge is -2.23. The molecule has 3 nitrogen and oxygen atoms in total. The highest BCUT2D eigenvalue weighted by molar-refractivity contribution is 9.09. The molecule has 1 aromatic rings. The van der Waals surface area contributed by atoms with E-state index in [0.29, 0.717) is 12.6 Å². The quantitative estimate of drug-likeness (QED) is 0.776. The van der Waals surface area contributed by atoms with E-state index in [1.807, 2.05) is 29.2 Å². The maximum absolute atomic E-state index is 12.5. The van der Waals surface area contributed by atoms with Crippen molar-refractivity contribution < 1.29 is 9.53 Å². The summed E-state index contributed by atoms with van der Waals surface area (Å²) in [4.78, 5) is 14.5. The number of nitrogens with zero attached hydrogens (tertiary/aromatic N) is 1. The zero-order chi connectivity index (χ0) is 13.7. The Morgan fingerprint density at radius 3 is 3.11 bits per heavy atom. The Bertz CT molecular complexity index is 436. The predicted molar refractivity (Wildman–Crippen MR) is 80.1 cm³/mol. The van der Waals surface area contributed by atoms with E-state index < -0.39 is 0 Å². The first-order valence-corrected chi connectivity index (χ1v) is 7.98. The SMILES string of the molecule is CCCOc1cccc(C(=O)N2CCCC2CBr)c1. The molecule has 1 aliphatic heterocycles. The molecule has 0 N–H and O–H groups in total. The molecule has 1 aliphatic rings. The van der Waals surface area contributed by atoms with Crippen molar-refractivity contribution >= 4 is 21.8 Å². The van der Waals surface area contributed by atoms with Gasteiger partial charge in [-0.15, -0.1) is 0 Å². The van der Waals surface area contributed by atoms with Crippen molar-refractivity contribution in [1.29, 1.82) is 0 Å². The minimum atomic E-state index is 0.115. The van der Waals surface area contributed by atoms with Gasteiger partial charge in [0, 0.05) is 23.5 Å². The van der Waals surface area contributed by atoms with Crippen LogP contribution in [-0.2, 0) is 0 Å². The lowest BCUT2D eigenvalue weighted by molar-refractivity contribution is 0.0750. The van der Waals surface area contributed by atoms with E-state index >= 15 is 0 Å². The number of benzene rings is 1. The van der Waals surface area contributed by atoms with Gasteiger partial charge in [-0.3, -0.25) is 4.79 Å². The summed E-state index contributed by atoms with van der Waals surface area (Å²) in [5.74, 6) is 0.895. The van der Waals surface area contributed by atoms with E-state index in [-0.39, 0.29) is 5.91 Å². The second-order valence-corrected chi connectivity index (χ2v) is 5.47. The number of likely N-dealkylation sites (tertiary alicyclic amines) is 1. The number of rotatable bonds is 5. The zero-order valence-electron chi connectivity index (χ0n) is 11.3. The van der Waals surface area contributed by atoms with Crippen molar-refractivity contribution in [2.75, 3.05) is 18.5 Å². The molecule has 1 atom stereocenters. The van der Waals surface area contributed by atoms with Crippen molar-refractivity contribution in [1.82, 2.24) is 4.90 Å². The number of carbonyl (C=O) groups is 1. The van der Waals surface area contributed by atoms with Crippen molar-refractivity contribution in [3.8, 4) is 5.75 Å². The van der Waals surface area contributed by atoms with E-state index in [1.54, 1.807) is 0 Å². The molecule has 104 valence electrons. The number of amides is 1. The van der Waals surface area contributed by atoms with E-state index in [4.69, 9.17) is 4.74 Å². The molecule has 0 spiro atoms. The molecule has 4 heteroatoms. The molecule has 1 fully saturated rings. The Labute approximate surface area is 123 Å². The summed E-state index contributed by atoms with van der Waals surface area (Å²) in [6, 6.07) is 7.83. The summed E-state index contributed by atoms with van der Waals surface area (Å²) in [5.41, 5.74) is 0.724. The molecule has 1 aromatic carbocycles. The van der Waals surface area contributed by atoms with Crippen LogP contribution in [0.1, 0.15) is 36.5 Å². The van der Waals surface area contributed by atoms with Crippen LogP contribution >= 0.6 is 15.9 Å². The standard InChI is InChI=1S/C15H20BrNO2/c1-2-9-19-14-7-3-5-12(10-14)15(18)17-8-4-6-13(17)11-16/h3,5,7,10,13H,2,4,6,8-9,11H2,1H3. The first kappa shape index (κ1) is 14.4. The largest absolute Gasteiger partial charge is 0.494 e. The fraction of sp³-hybridized carbons (Fsp3) is 0.533. The van der Waals surface area contributed by atoms with Crippen molar-refractivity contribution in [2.45, 2.75) is 32.2 Å². The van der Waals surface area contributed by atoms with E-state index in [1.165, 1.54) is 0 Å². The summed E-state index contributed by atoms with van der Waals surface area (Å²) in [6.45, 7) is 3.61. The average Bonchev–Trinajstić information content (AvgIpc) is 2.93. The van der Waals surface area contributed by atoms with Crippen LogP contribution in [0.3, 0.4) is 0 Å². The molecule has 0 bridgehead atoms. The second-order valence-electron chi connectivity index (χ2n) is 4.83. The van der Waals surface area contributed by atoms with Crippen LogP contribution in [0.15, 0.2) is 24.3 Å². The molecule has 1 unspecified atom stereocenters. The molecule has 1 saturated heterocycles. The van der Waals surface area contributed by atoms with Crippen LogP contribution in [0.25, 0.3) is 0 Å². The lowest BCUT2D eigenvalue weighted by atomic mass is 10.1. The van der Waals surface area contributed by atoms with Gasteiger partial charge in [0.25, 0.3) is 5.91 Å². The first-order valence-electron chi connectivity index (χ1n) is 6.86. The van der Waals surface area contributed by atoms with Gasteiger partial charge in [-0.05, 0) is 37.5 Å². The van der Waals surface area contributed by atoms with Crippen LogP contribution in [-0.4, -0.2) is 35.3 Å². The summed E-state index contributed by atoms with van der Waals surface area (Å²) in [7, 11) is 0. The minimum absolute atomic E-state index is 0.115. The Morgan fingerprint density at radius 1 is 1.53 bits per heavy atom. The molecule has 2 rings (SSSR count). The monoisotopic (exact) mass is 325 g/mol. The molecule has 1 heterocycles. The van der Waals surface area contributed by atoms with Gasteiger partial charge in [0.15, 0.2) is 0 Å². The summed E-state index contributed by atoms with van der Waals surface area (Å²) < 4.78 is 5.58. The predicted octanol–water partition coefficient (Wildman–Crippen LogP) is 3.47. The lowest BCUT2D eigenvalue weighted by Crippen LogP contribution is -2.36. The third-order valence-corrected chi connectivity index (χ3v) is 4.12. The Morgan fingerprint density at radius 2 is 2.37 bits per heavy atom. The van der Waals surface area contributed by atoms with Gasteiger partial charge in [0.1, 0.15) is 5.75 Å². The third-order valence-electron chi connectivity index (χ3n) is 3.37. The number of halogens is 1. The van der Waals surface area contributed by atoms with Crippen LogP contribution in [0.5, 0.6) is 5.75 Å². The fourth-order valence-corrected chi connectivity index (χ4v) is 3.04. The smallest absolute Gasteiger partial charge is 0.254 e. The minimum Gasteiger partial charge on any atom is -0.494 e. The highest BCUT2D eigenvalue weighted by Crippen LogP contribution is 2.23. The number of alkyl halides is 1. The third kappa shape index (κ3) is 3.50. The van der Waals surface area contributed by atoms with E-state index in [0.717, 1.165) is 42.5 Å². The molecule has 0 saturated carbocycles.